The lowest BCUT2D eigenvalue weighted by atomic mass is 9.70. The van der Waals surface area contributed by atoms with Gasteiger partial charge in [-0.3, -0.25) is 4.79 Å². The van der Waals surface area contributed by atoms with Crippen molar-refractivity contribution < 1.29 is 4.79 Å². The molecule has 2 nitrogen and oxygen atoms in total. The predicted octanol–water partition coefficient (Wildman–Crippen LogP) is 22.2. The van der Waals surface area contributed by atoms with Gasteiger partial charge in [0.15, 0.2) is 6.29 Å². The molecule has 8 rings (SSSR count). The zero-order valence-electron chi connectivity index (χ0n) is 45.2. The number of unbranched alkanes of at least 4 members (excludes halogenated alkanes) is 20. The van der Waals surface area contributed by atoms with Crippen LogP contribution in [-0.4, -0.2) is 6.29 Å². The van der Waals surface area contributed by atoms with Crippen molar-refractivity contribution >= 4 is 34.7 Å². The van der Waals surface area contributed by atoms with Gasteiger partial charge in [-0.2, -0.15) is 0 Å². The molecule has 382 valence electrons. The van der Waals surface area contributed by atoms with Gasteiger partial charge in [0.25, 0.3) is 0 Å². The van der Waals surface area contributed by atoms with Gasteiger partial charge in [-0.25, -0.2) is 0 Å². The molecule has 0 N–H and O–H groups in total. The smallest absolute Gasteiger partial charge is 0.160 e. The summed E-state index contributed by atoms with van der Waals surface area (Å²) in [7, 11) is 0. The number of carbonyl (C=O) groups is 1. The van der Waals surface area contributed by atoms with Crippen LogP contribution in [0.25, 0.3) is 32.7 Å². The van der Waals surface area contributed by atoms with Crippen molar-refractivity contribution in [2.24, 2.45) is 0 Å². The van der Waals surface area contributed by atoms with Gasteiger partial charge in [0, 0.05) is 32.8 Å². The molecular weight excluding hydrogens is 891 g/mol. The molecule has 2 aliphatic rings. The summed E-state index contributed by atoms with van der Waals surface area (Å²) >= 11 is 1.57. The maximum absolute atomic E-state index is 11.8. The van der Waals surface area contributed by atoms with E-state index in [4.69, 9.17) is 0 Å². The first-order valence-electron chi connectivity index (χ1n) is 29.5. The molecule has 2 aliphatic carbocycles. The Balaban J connectivity index is 1.25. The largest absolute Gasteiger partial charge is 0.310 e. The molecule has 0 aliphatic heterocycles. The van der Waals surface area contributed by atoms with Crippen molar-refractivity contribution in [3.8, 4) is 32.7 Å². The molecule has 72 heavy (non-hydrogen) atoms. The minimum absolute atomic E-state index is 0.00850. The highest BCUT2D eigenvalue weighted by Crippen LogP contribution is 2.58. The molecule has 0 bridgehead atoms. The number of hydrogen-bond donors (Lipinski definition) is 0. The molecule has 0 spiro atoms. The summed E-state index contributed by atoms with van der Waals surface area (Å²) in [5.41, 5.74) is 16.8. The van der Waals surface area contributed by atoms with Crippen molar-refractivity contribution in [2.45, 2.75) is 218 Å². The number of nitrogens with zero attached hydrogens (tertiary/aromatic N) is 1. The Morgan fingerprint density at radius 3 is 1.12 bits per heavy atom. The SMILES string of the molecule is CCCCCCCCC1(CCCCCCCC)c2ccccc2-c2ccc(N(c3ccc(-c4ccc(C=O)s4)cc3)c3ccc4c(c3)C(CCCCCCCC)(CCCCCCCC)c3ccccc3-4)cc21. The second-order valence-electron chi connectivity index (χ2n) is 22.0. The Hall–Kier alpha value is -4.73. The number of hydrogen-bond acceptors (Lipinski definition) is 3. The second-order valence-corrected chi connectivity index (χ2v) is 23.1. The van der Waals surface area contributed by atoms with Crippen LogP contribution >= 0.6 is 11.3 Å². The van der Waals surface area contributed by atoms with E-state index in [9.17, 15) is 4.79 Å². The van der Waals surface area contributed by atoms with Crippen LogP contribution in [0.3, 0.4) is 0 Å². The fraction of sp³-hybridized carbons (Fsp3) is 0.493. The van der Waals surface area contributed by atoms with E-state index in [-0.39, 0.29) is 10.8 Å². The van der Waals surface area contributed by atoms with Gasteiger partial charge in [0.2, 0.25) is 0 Å². The van der Waals surface area contributed by atoms with E-state index in [1.54, 1.807) is 33.6 Å². The van der Waals surface area contributed by atoms with Crippen LogP contribution in [-0.2, 0) is 10.8 Å². The topological polar surface area (TPSA) is 20.3 Å². The lowest BCUT2D eigenvalue weighted by Crippen LogP contribution is -2.26. The van der Waals surface area contributed by atoms with Crippen molar-refractivity contribution in [1.29, 1.82) is 0 Å². The van der Waals surface area contributed by atoms with E-state index < -0.39 is 0 Å². The Bertz CT molecular complexity index is 2430. The summed E-state index contributed by atoms with van der Waals surface area (Å²) in [4.78, 5) is 16.3. The third-order valence-electron chi connectivity index (χ3n) is 17.0. The average molecular weight is 981 g/mol. The Morgan fingerprint density at radius 1 is 0.375 bits per heavy atom. The summed E-state index contributed by atoms with van der Waals surface area (Å²) in [5, 5.41) is 0. The lowest BCUT2D eigenvalue weighted by molar-refractivity contribution is 0.112. The summed E-state index contributed by atoms with van der Waals surface area (Å²) in [6, 6.07) is 47.4. The second kappa shape index (κ2) is 27.0. The molecule has 0 amide bonds. The van der Waals surface area contributed by atoms with Gasteiger partial charge in [-0.15, -0.1) is 11.3 Å². The third-order valence-corrected chi connectivity index (χ3v) is 18.1. The number of rotatable bonds is 33. The zero-order valence-corrected chi connectivity index (χ0v) is 46.0. The maximum Gasteiger partial charge on any atom is 0.160 e. The van der Waals surface area contributed by atoms with Gasteiger partial charge >= 0.3 is 0 Å². The predicted molar refractivity (Wildman–Crippen MR) is 314 cm³/mol. The summed E-state index contributed by atoms with van der Waals surface area (Å²) in [6.45, 7) is 9.32. The molecule has 0 unspecified atom stereocenters. The Labute approximate surface area is 441 Å². The van der Waals surface area contributed by atoms with Crippen LogP contribution in [0.2, 0.25) is 0 Å². The van der Waals surface area contributed by atoms with Crippen LogP contribution in [0.15, 0.2) is 121 Å². The van der Waals surface area contributed by atoms with Crippen molar-refractivity contribution in [3.63, 3.8) is 0 Å². The fourth-order valence-corrected chi connectivity index (χ4v) is 13.9. The molecule has 1 heterocycles. The van der Waals surface area contributed by atoms with E-state index in [2.05, 4.69) is 148 Å². The number of carbonyl (C=O) groups excluding carboxylic acids is 1. The highest BCUT2D eigenvalue weighted by Gasteiger charge is 2.44. The van der Waals surface area contributed by atoms with Crippen molar-refractivity contribution in [1.82, 2.24) is 0 Å². The Morgan fingerprint density at radius 2 is 0.736 bits per heavy atom. The number of anilines is 3. The van der Waals surface area contributed by atoms with Crippen LogP contribution in [0, 0.1) is 0 Å². The lowest BCUT2D eigenvalue weighted by Gasteiger charge is -2.35. The zero-order chi connectivity index (χ0) is 50.0. The quantitative estimate of drug-likeness (QED) is 0.0303. The standard InChI is InChI=1S/C69H89NOS/c1-5-9-13-17-21-29-47-68(48-30-22-18-14-10-6-2)63-35-27-25-33-59(63)61-44-41-56(51-65(61)68)70(55-39-37-54(38-40-55)67-46-43-58(53-71)72-67)57-42-45-62-60-34-26-28-36-64(60)69(66(62)52-57,49-31-23-19-15-11-7-3)50-32-24-20-16-12-8-4/h25-28,33-46,51-53H,5-24,29-32,47-50H2,1-4H3. The normalized spacial score (nSPS) is 13.7. The minimum Gasteiger partial charge on any atom is -0.310 e. The Kier molecular flexibility index (Phi) is 20.1. The van der Waals surface area contributed by atoms with Crippen molar-refractivity contribution in [2.75, 3.05) is 4.90 Å². The first-order chi connectivity index (χ1) is 35.5. The van der Waals surface area contributed by atoms with E-state index >= 15 is 0 Å². The minimum atomic E-state index is -0.00850. The van der Waals surface area contributed by atoms with E-state index in [0.29, 0.717) is 0 Å². The fourth-order valence-electron chi connectivity index (χ4n) is 13.1. The highest BCUT2D eigenvalue weighted by molar-refractivity contribution is 7.17. The number of thiophene rings is 1. The summed E-state index contributed by atoms with van der Waals surface area (Å²) in [6.07, 6.45) is 37.4. The van der Waals surface area contributed by atoms with E-state index in [1.807, 2.05) is 6.07 Å². The third kappa shape index (κ3) is 12.3. The van der Waals surface area contributed by atoms with Gasteiger partial charge < -0.3 is 4.90 Å². The highest BCUT2D eigenvalue weighted by atomic mass is 32.1. The van der Waals surface area contributed by atoms with E-state index in [0.717, 1.165) is 21.6 Å². The maximum atomic E-state index is 11.8. The van der Waals surface area contributed by atoms with Crippen molar-refractivity contribution in [3.05, 3.63) is 148 Å². The number of aldehydes is 1. The van der Waals surface area contributed by atoms with Crippen LogP contribution in [0.1, 0.15) is 239 Å². The van der Waals surface area contributed by atoms with Crippen LogP contribution < -0.4 is 4.90 Å². The first kappa shape index (κ1) is 53.6. The number of benzene rings is 5. The van der Waals surface area contributed by atoms with Gasteiger partial charge in [-0.05, 0) is 124 Å². The molecule has 0 saturated carbocycles. The van der Waals surface area contributed by atoms with E-state index in [1.165, 1.54) is 219 Å². The van der Waals surface area contributed by atoms with Gasteiger partial charge in [-0.1, -0.05) is 255 Å². The molecule has 1 aromatic heterocycles. The van der Waals surface area contributed by atoms with Crippen LogP contribution in [0.4, 0.5) is 17.1 Å². The first-order valence-corrected chi connectivity index (χ1v) is 30.3. The monoisotopic (exact) mass is 980 g/mol. The van der Waals surface area contributed by atoms with Crippen LogP contribution in [0.5, 0.6) is 0 Å². The molecule has 0 fully saturated rings. The van der Waals surface area contributed by atoms with Gasteiger partial charge in [0.05, 0.1) is 4.88 Å². The molecule has 0 atom stereocenters. The molecular formula is C69H89NOS. The molecule has 0 saturated heterocycles. The molecule has 6 aromatic rings. The molecule has 5 aromatic carbocycles. The number of fused-ring (bicyclic) bond motifs is 6. The van der Waals surface area contributed by atoms with Gasteiger partial charge in [0.1, 0.15) is 0 Å². The molecule has 3 heteroatoms. The average Bonchev–Trinajstić information content (AvgIpc) is 4.09. The summed E-state index contributed by atoms with van der Waals surface area (Å²) < 4.78 is 0. The molecule has 0 radical (unpaired) electrons. The summed E-state index contributed by atoms with van der Waals surface area (Å²) in [5.74, 6) is 0.